The van der Waals surface area contributed by atoms with Crippen LogP contribution in [0.2, 0.25) is 0 Å². The molecule has 3 heteroatoms. The minimum atomic E-state index is 0.784. The molecule has 0 fully saturated rings. The molecule has 0 aliphatic heterocycles. The van der Waals surface area contributed by atoms with Crippen LogP contribution < -0.4 is 0 Å². The molecule has 1 aromatic rings. The molecule has 1 N–H and O–H groups in total. The highest BCUT2D eigenvalue weighted by Crippen LogP contribution is 2.09. The van der Waals surface area contributed by atoms with Gasteiger partial charge in [0.1, 0.15) is 6.34 Å². The van der Waals surface area contributed by atoms with Crippen molar-refractivity contribution >= 4 is 12.1 Å². The van der Waals surface area contributed by atoms with Gasteiger partial charge in [0.05, 0.1) is 5.71 Å². The lowest BCUT2D eigenvalue weighted by molar-refractivity contribution is 0.454. The fourth-order valence-electron chi connectivity index (χ4n) is 1.60. The van der Waals surface area contributed by atoms with Gasteiger partial charge in [0.25, 0.3) is 0 Å². The van der Waals surface area contributed by atoms with Crippen molar-refractivity contribution in [2.24, 2.45) is 5.10 Å². The van der Waals surface area contributed by atoms with Crippen molar-refractivity contribution in [2.75, 3.05) is 6.54 Å². The molecule has 0 radical (unpaired) electrons. The molecule has 0 bridgehead atoms. The third kappa shape index (κ3) is 3.19. The standard InChI is InChI=1S/C13H19N3/c1-4-9-16(10-14)15-12(3)13-8-6-5-7-11(13)2/h5-8,10,14H,4,9H2,1-3H3/b14-10?,15-12+. The first-order valence-corrected chi connectivity index (χ1v) is 5.57. The van der Waals surface area contributed by atoms with Gasteiger partial charge in [0, 0.05) is 12.1 Å². The number of hydrogen-bond donors (Lipinski definition) is 1. The molecule has 0 atom stereocenters. The van der Waals surface area contributed by atoms with E-state index in [1.165, 1.54) is 11.9 Å². The SMILES string of the molecule is CCCN(C=N)/N=C(\C)c1ccccc1C. The van der Waals surface area contributed by atoms with Gasteiger partial charge in [-0.15, -0.1) is 0 Å². The second-order valence-corrected chi connectivity index (χ2v) is 3.79. The van der Waals surface area contributed by atoms with Gasteiger partial charge in [-0.2, -0.15) is 5.10 Å². The molecule has 0 spiro atoms. The summed E-state index contributed by atoms with van der Waals surface area (Å²) in [5, 5.41) is 13.4. The molecule has 0 heterocycles. The van der Waals surface area contributed by atoms with Gasteiger partial charge in [-0.1, -0.05) is 31.2 Å². The Kier molecular flexibility index (Phi) is 4.70. The zero-order valence-corrected chi connectivity index (χ0v) is 10.2. The number of hydrogen-bond acceptors (Lipinski definition) is 2. The van der Waals surface area contributed by atoms with Crippen LogP contribution in [-0.4, -0.2) is 23.6 Å². The van der Waals surface area contributed by atoms with Crippen LogP contribution in [0.5, 0.6) is 0 Å². The van der Waals surface area contributed by atoms with Gasteiger partial charge in [0.15, 0.2) is 0 Å². The predicted octanol–water partition coefficient (Wildman–Crippen LogP) is 3.04. The maximum atomic E-state index is 7.27. The van der Waals surface area contributed by atoms with Crippen LogP contribution in [0.1, 0.15) is 31.4 Å². The second kappa shape index (κ2) is 6.05. The van der Waals surface area contributed by atoms with Crippen LogP contribution in [-0.2, 0) is 0 Å². The minimum Gasteiger partial charge on any atom is -0.290 e. The van der Waals surface area contributed by atoms with Gasteiger partial charge >= 0.3 is 0 Å². The number of rotatable bonds is 5. The van der Waals surface area contributed by atoms with Crippen molar-refractivity contribution in [3.8, 4) is 0 Å². The van der Waals surface area contributed by atoms with Gasteiger partial charge < -0.3 is 0 Å². The van der Waals surface area contributed by atoms with E-state index in [1.807, 2.05) is 19.1 Å². The van der Waals surface area contributed by atoms with E-state index in [-0.39, 0.29) is 0 Å². The van der Waals surface area contributed by atoms with Gasteiger partial charge in [-0.3, -0.25) is 10.4 Å². The molecular formula is C13H19N3. The number of nitrogens with zero attached hydrogens (tertiary/aromatic N) is 2. The highest BCUT2D eigenvalue weighted by molar-refractivity contribution is 6.00. The Morgan fingerprint density at radius 2 is 2.12 bits per heavy atom. The normalized spacial score (nSPS) is 11.3. The van der Waals surface area contributed by atoms with Crippen molar-refractivity contribution in [2.45, 2.75) is 27.2 Å². The smallest absolute Gasteiger partial charge is 0.103 e. The molecule has 3 nitrogen and oxygen atoms in total. The van der Waals surface area contributed by atoms with Crippen molar-refractivity contribution in [3.05, 3.63) is 35.4 Å². The summed E-state index contributed by atoms with van der Waals surface area (Å²) in [6.45, 7) is 6.92. The lowest BCUT2D eigenvalue weighted by Gasteiger charge is -2.13. The van der Waals surface area contributed by atoms with E-state index >= 15 is 0 Å². The van der Waals surface area contributed by atoms with Gasteiger partial charge in [-0.05, 0) is 25.8 Å². The van der Waals surface area contributed by atoms with Crippen molar-refractivity contribution in [1.82, 2.24) is 5.01 Å². The fourth-order valence-corrected chi connectivity index (χ4v) is 1.60. The van der Waals surface area contributed by atoms with E-state index in [1.54, 1.807) is 5.01 Å². The lowest BCUT2D eigenvalue weighted by Crippen LogP contribution is -2.18. The summed E-state index contributed by atoms with van der Waals surface area (Å²) < 4.78 is 0. The van der Waals surface area contributed by atoms with Crippen molar-refractivity contribution < 1.29 is 0 Å². The molecule has 16 heavy (non-hydrogen) atoms. The second-order valence-electron chi connectivity index (χ2n) is 3.79. The maximum absolute atomic E-state index is 7.27. The van der Waals surface area contributed by atoms with Crippen LogP contribution in [0, 0.1) is 12.3 Å². The zero-order chi connectivity index (χ0) is 12.0. The Bertz CT molecular complexity index is 383. The summed E-state index contributed by atoms with van der Waals surface area (Å²) in [5.41, 5.74) is 3.31. The molecule has 1 rings (SSSR count). The molecule has 0 amide bonds. The third-order valence-corrected chi connectivity index (χ3v) is 2.42. The Morgan fingerprint density at radius 3 is 2.69 bits per heavy atom. The van der Waals surface area contributed by atoms with E-state index in [9.17, 15) is 0 Å². The third-order valence-electron chi connectivity index (χ3n) is 2.42. The van der Waals surface area contributed by atoms with Crippen molar-refractivity contribution in [3.63, 3.8) is 0 Å². The van der Waals surface area contributed by atoms with Crippen LogP contribution in [0.15, 0.2) is 29.4 Å². The van der Waals surface area contributed by atoms with E-state index in [2.05, 4.69) is 31.1 Å². The molecule has 0 aromatic heterocycles. The largest absolute Gasteiger partial charge is 0.290 e. The number of aryl methyl sites for hydroxylation is 1. The van der Waals surface area contributed by atoms with Gasteiger partial charge in [-0.25, -0.2) is 0 Å². The summed E-state index contributed by atoms with van der Waals surface area (Å²) in [7, 11) is 0. The first-order chi connectivity index (χ1) is 7.69. The Morgan fingerprint density at radius 1 is 1.44 bits per heavy atom. The molecule has 1 aromatic carbocycles. The fraction of sp³-hybridized carbons (Fsp3) is 0.385. The first kappa shape index (κ1) is 12.4. The molecule has 0 aliphatic rings. The summed E-state index contributed by atoms with van der Waals surface area (Å²) in [6.07, 6.45) is 2.26. The summed E-state index contributed by atoms with van der Waals surface area (Å²) in [6, 6.07) is 8.16. The van der Waals surface area contributed by atoms with Crippen LogP contribution in [0.4, 0.5) is 0 Å². The Labute approximate surface area is 97.3 Å². The van der Waals surface area contributed by atoms with Crippen molar-refractivity contribution in [1.29, 1.82) is 5.41 Å². The molecule has 86 valence electrons. The quantitative estimate of drug-likeness (QED) is 0.459. The number of nitrogens with one attached hydrogen (secondary N) is 1. The first-order valence-electron chi connectivity index (χ1n) is 5.57. The summed E-state index contributed by atoms with van der Waals surface area (Å²) in [5.74, 6) is 0. The molecular weight excluding hydrogens is 198 g/mol. The van der Waals surface area contributed by atoms with Crippen LogP contribution in [0.3, 0.4) is 0 Å². The molecule has 0 saturated carbocycles. The molecule has 0 saturated heterocycles. The molecule has 0 unspecified atom stereocenters. The lowest BCUT2D eigenvalue weighted by atomic mass is 10.1. The van der Waals surface area contributed by atoms with E-state index in [0.29, 0.717) is 0 Å². The maximum Gasteiger partial charge on any atom is 0.103 e. The highest BCUT2D eigenvalue weighted by Gasteiger charge is 2.02. The zero-order valence-electron chi connectivity index (χ0n) is 10.2. The topological polar surface area (TPSA) is 39.5 Å². The summed E-state index contributed by atoms with van der Waals surface area (Å²) in [4.78, 5) is 0. The van der Waals surface area contributed by atoms with Gasteiger partial charge in [0.2, 0.25) is 0 Å². The number of hydrazone groups is 1. The predicted molar refractivity (Wildman–Crippen MR) is 69.2 cm³/mol. The number of benzene rings is 1. The van der Waals surface area contributed by atoms with Crippen LogP contribution >= 0.6 is 0 Å². The minimum absolute atomic E-state index is 0.784. The Hall–Kier alpha value is -1.64. The average Bonchev–Trinajstić information content (AvgIpc) is 2.28. The van der Waals surface area contributed by atoms with Crippen LogP contribution in [0.25, 0.3) is 0 Å². The molecule has 0 aliphatic carbocycles. The van der Waals surface area contributed by atoms with E-state index in [4.69, 9.17) is 5.41 Å². The Balaban J connectivity index is 2.91. The monoisotopic (exact) mass is 217 g/mol. The summed E-state index contributed by atoms with van der Waals surface area (Å²) >= 11 is 0. The average molecular weight is 217 g/mol. The van der Waals surface area contributed by atoms with E-state index < -0.39 is 0 Å². The van der Waals surface area contributed by atoms with E-state index in [0.717, 1.165) is 24.2 Å². The highest BCUT2D eigenvalue weighted by atomic mass is 15.4.